The summed E-state index contributed by atoms with van der Waals surface area (Å²) in [4.78, 5) is 16.5. The molecule has 0 spiro atoms. The van der Waals surface area contributed by atoms with Gasteiger partial charge in [0.05, 0.1) is 0 Å². The Kier molecular flexibility index (Phi) is 4.14. The number of ether oxygens (including phenoxy) is 1. The van der Waals surface area contributed by atoms with Gasteiger partial charge in [-0.15, -0.1) is 11.3 Å². The fourth-order valence-electron chi connectivity index (χ4n) is 2.57. The minimum Gasteiger partial charge on any atom is -0.396 e. The average molecular weight is 294 g/mol. The van der Waals surface area contributed by atoms with E-state index in [1.54, 1.807) is 5.38 Å². The molecular weight excluding hydrogens is 276 g/mol. The number of aliphatic hydroxyl groups is 1. The topological polar surface area (TPSA) is 71.5 Å². The third-order valence-corrected chi connectivity index (χ3v) is 4.62. The van der Waals surface area contributed by atoms with Gasteiger partial charge in [0.1, 0.15) is 16.8 Å². The van der Waals surface area contributed by atoms with Crippen molar-refractivity contribution in [3.05, 3.63) is 28.2 Å². The zero-order valence-electron chi connectivity index (χ0n) is 11.1. The largest absolute Gasteiger partial charge is 0.396 e. The van der Waals surface area contributed by atoms with E-state index in [1.807, 2.05) is 12.2 Å². The number of aliphatic hydroxyl groups excluding tert-OH is 1. The van der Waals surface area contributed by atoms with Gasteiger partial charge in [-0.25, -0.2) is 4.98 Å². The zero-order chi connectivity index (χ0) is 13.9. The van der Waals surface area contributed by atoms with Gasteiger partial charge < -0.3 is 15.2 Å². The molecule has 1 aromatic rings. The molecule has 1 aliphatic heterocycles. The Morgan fingerprint density at radius 1 is 1.55 bits per heavy atom. The van der Waals surface area contributed by atoms with Gasteiger partial charge in [0.2, 0.25) is 0 Å². The molecule has 2 N–H and O–H groups in total. The van der Waals surface area contributed by atoms with Crippen LogP contribution in [0.3, 0.4) is 0 Å². The Labute approximate surface area is 121 Å². The third-order valence-electron chi connectivity index (χ3n) is 3.68. The van der Waals surface area contributed by atoms with Gasteiger partial charge in [0, 0.05) is 30.6 Å². The Balaban J connectivity index is 1.59. The predicted molar refractivity (Wildman–Crippen MR) is 75.6 cm³/mol. The van der Waals surface area contributed by atoms with Crippen LogP contribution in [-0.4, -0.2) is 35.3 Å². The van der Waals surface area contributed by atoms with Crippen molar-refractivity contribution in [2.24, 2.45) is 5.92 Å². The van der Waals surface area contributed by atoms with E-state index >= 15 is 0 Å². The number of rotatable bonds is 4. The van der Waals surface area contributed by atoms with Crippen LogP contribution in [0.2, 0.25) is 0 Å². The smallest absolute Gasteiger partial charge is 0.271 e. The van der Waals surface area contributed by atoms with Gasteiger partial charge in [-0.3, -0.25) is 4.79 Å². The van der Waals surface area contributed by atoms with E-state index in [2.05, 4.69) is 10.3 Å². The summed E-state index contributed by atoms with van der Waals surface area (Å²) in [6, 6.07) is -0.00692. The van der Waals surface area contributed by atoms with E-state index in [9.17, 15) is 4.79 Å². The van der Waals surface area contributed by atoms with E-state index in [1.165, 1.54) is 11.3 Å². The van der Waals surface area contributed by atoms with Crippen molar-refractivity contribution < 1.29 is 14.6 Å². The minimum absolute atomic E-state index is 0.00692. The van der Waals surface area contributed by atoms with Gasteiger partial charge in [-0.1, -0.05) is 12.2 Å². The molecule has 1 aliphatic carbocycles. The molecule has 3 atom stereocenters. The first-order valence-electron chi connectivity index (χ1n) is 6.93. The van der Waals surface area contributed by atoms with Gasteiger partial charge in [0.15, 0.2) is 0 Å². The first kappa shape index (κ1) is 13.7. The van der Waals surface area contributed by atoms with Gasteiger partial charge in [-0.2, -0.15) is 0 Å². The fraction of sp³-hybridized carbons (Fsp3) is 0.571. The van der Waals surface area contributed by atoms with Crippen molar-refractivity contribution in [2.45, 2.75) is 31.4 Å². The van der Waals surface area contributed by atoms with Crippen molar-refractivity contribution in [3.63, 3.8) is 0 Å². The lowest BCUT2D eigenvalue weighted by molar-refractivity contribution is 0.0933. The number of carbonyl (C=O) groups excluding carboxylic acids is 1. The molecule has 108 valence electrons. The molecule has 2 aliphatic rings. The number of amides is 1. The first-order valence-corrected chi connectivity index (χ1v) is 7.81. The standard InChI is InChI=1S/C14H18N2O3S/c17-7-9-3-4-10(6-9)15-13(18)11-8-20-14(16-11)12-2-1-5-19-12/h3-4,8-10,12,17H,1-2,5-7H2,(H,15,18)/t9-,10+,12?/m0/s1. The number of nitrogens with one attached hydrogen (secondary N) is 1. The number of hydrogen-bond donors (Lipinski definition) is 2. The van der Waals surface area contributed by atoms with Crippen LogP contribution in [0, 0.1) is 5.92 Å². The molecule has 1 amide bonds. The molecule has 0 aromatic carbocycles. The second-order valence-corrected chi connectivity index (χ2v) is 6.11. The highest BCUT2D eigenvalue weighted by molar-refractivity contribution is 7.09. The van der Waals surface area contributed by atoms with E-state index in [0.717, 1.165) is 30.9 Å². The summed E-state index contributed by atoms with van der Waals surface area (Å²) in [5.74, 6) is -0.00285. The fourth-order valence-corrected chi connectivity index (χ4v) is 3.45. The lowest BCUT2D eigenvalue weighted by atomic mass is 10.1. The van der Waals surface area contributed by atoms with Crippen LogP contribution >= 0.6 is 11.3 Å². The van der Waals surface area contributed by atoms with Crippen LogP contribution in [0.5, 0.6) is 0 Å². The molecule has 0 saturated carbocycles. The maximum atomic E-state index is 12.1. The molecule has 1 fully saturated rings. The molecule has 1 aromatic heterocycles. The number of hydrogen-bond acceptors (Lipinski definition) is 5. The minimum atomic E-state index is -0.154. The van der Waals surface area contributed by atoms with Crippen molar-refractivity contribution in [2.75, 3.05) is 13.2 Å². The second-order valence-electron chi connectivity index (χ2n) is 5.22. The maximum absolute atomic E-state index is 12.1. The summed E-state index contributed by atoms with van der Waals surface area (Å²) < 4.78 is 5.57. The molecule has 3 rings (SSSR count). The maximum Gasteiger partial charge on any atom is 0.271 e. The predicted octanol–water partition coefficient (Wildman–Crippen LogP) is 1.66. The molecular formula is C14H18N2O3S. The number of nitrogens with zero attached hydrogens (tertiary/aromatic N) is 1. The Hall–Kier alpha value is -1.24. The van der Waals surface area contributed by atoms with E-state index in [0.29, 0.717) is 5.69 Å². The molecule has 20 heavy (non-hydrogen) atoms. The molecule has 0 bridgehead atoms. The lowest BCUT2D eigenvalue weighted by Gasteiger charge is -2.11. The van der Waals surface area contributed by atoms with Crippen LogP contribution in [0.1, 0.15) is 40.9 Å². The molecule has 5 nitrogen and oxygen atoms in total. The Morgan fingerprint density at radius 2 is 2.45 bits per heavy atom. The van der Waals surface area contributed by atoms with Crippen LogP contribution < -0.4 is 5.32 Å². The van der Waals surface area contributed by atoms with E-state index < -0.39 is 0 Å². The summed E-state index contributed by atoms with van der Waals surface area (Å²) in [7, 11) is 0. The number of aromatic nitrogens is 1. The summed E-state index contributed by atoms with van der Waals surface area (Å²) in [5.41, 5.74) is 0.460. The van der Waals surface area contributed by atoms with E-state index in [-0.39, 0.29) is 30.6 Å². The molecule has 0 radical (unpaired) electrons. The highest BCUT2D eigenvalue weighted by atomic mass is 32.1. The Morgan fingerprint density at radius 3 is 3.15 bits per heavy atom. The lowest BCUT2D eigenvalue weighted by Crippen LogP contribution is -2.33. The molecule has 1 unspecified atom stereocenters. The van der Waals surface area contributed by atoms with Crippen LogP contribution in [0.4, 0.5) is 0 Å². The van der Waals surface area contributed by atoms with Crippen molar-refractivity contribution in [1.82, 2.24) is 10.3 Å². The van der Waals surface area contributed by atoms with E-state index in [4.69, 9.17) is 9.84 Å². The third kappa shape index (κ3) is 2.92. The van der Waals surface area contributed by atoms with Crippen LogP contribution in [0.15, 0.2) is 17.5 Å². The zero-order valence-corrected chi connectivity index (χ0v) is 11.9. The van der Waals surface area contributed by atoms with Crippen molar-refractivity contribution >= 4 is 17.2 Å². The van der Waals surface area contributed by atoms with Gasteiger partial charge in [0.25, 0.3) is 5.91 Å². The summed E-state index contributed by atoms with van der Waals surface area (Å²) in [5, 5.41) is 14.7. The molecule has 1 saturated heterocycles. The molecule has 2 heterocycles. The monoisotopic (exact) mass is 294 g/mol. The van der Waals surface area contributed by atoms with Crippen molar-refractivity contribution in [1.29, 1.82) is 0 Å². The highest BCUT2D eigenvalue weighted by Crippen LogP contribution is 2.30. The van der Waals surface area contributed by atoms with Gasteiger partial charge >= 0.3 is 0 Å². The number of carbonyl (C=O) groups is 1. The molecule has 6 heteroatoms. The highest BCUT2D eigenvalue weighted by Gasteiger charge is 2.24. The Bertz CT molecular complexity index is 508. The van der Waals surface area contributed by atoms with Crippen molar-refractivity contribution in [3.8, 4) is 0 Å². The quantitative estimate of drug-likeness (QED) is 0.829. The van der Waals surface area contributed by atoms with Crippen LogP contribution in [0.25, 0.3) is 0 Å². The van der Waals surface area contributed by atoms with Crippen LogP contribution in [-0.2, 0) is 4.74 Å². The SMILES string of the molecule is O=C(N[C@@H]1C=C[C@H](CO)C1)c1csc(C2CCCO2)n1. The summed E-state index contributed by atoms with van der Waals surface area (Å²) in [6.45, 7) is 0.907. The average Bonchev–Trinajstić information content (AvgIpc) is 3.19. The van der Waals surface area contributed by atoms with Gasteiger partial charge in [-0.05, 0) is 19.3 Å². The summed E-state index contributed by atoms with van der Waals surface area (Å²) >= 11 is 1.48. The number of thiazole rings is 1. The summed E-state index contributed by atoms with van der Waals surface area (Å²) in [6.07, 6.45) is 6.74. The second kappa shape index (κ2) is 6.03. The first-order chi connectivity index (χ1) is 9.76. The normalized spacial score (nSPS) is 28.9.